The van der Waals surface area contributed by atoms with Crippen LogP contribution in [-0.2, 0) is 11.4 Å². The highest BCUT2D eigenvalue weighted by Crippen LogP contribution is 2.35. The second kappa shape index (κ2) is 10.0. The summed E-state index contributed by atoms with van der Waals surface area (Å²) in [5, 5.41) is 6.07. The Morgan fingerprint density at radius 3 is 2.26 bits per heavy atom. The Balaban J connectivity index is 1.39. The number of benzene rings is 4. The molecule has 0 radical (unpaired) electrons. The summed E-state index contributed by atoms with van der Waals surface area (Å²) in [5.41, 5.74) is 0.0217. The molecule has 1 aliphatic rings. The van der Waals surface area contributed by atoms with Gasteiger partial charge in [-0.25, -0.2) is 22.0 Å². The largest absolute Gasteiger partial charge is 0.488 e. The van der Waals surface area contributed by atoms with Crippen molar-refractivity contribution in [2.24, 2.45) is 5.10 Å². The van der Waals surface area contributed by atoms with Crippen molar-refractivity contribution in [2.45, 2.75) is 13.5 Å². The Labute approximate surface area is 221 Å². The molecule has 0 aromatic heterocycles. The predicted octanol–water partition coefficient (Wildman–Crippen LogP) is 7.68. The van der Waals surface area contributed by atoms with Crippen molar-refractivity contribution in [3.63, 3.8) is 0 Å². The molecule has 0 aliphatic carbocycles. The van der Waals surface area contributed by atoms with Gasteiger partial charge in [0.15, 0.2) is 23.3 Å². The third kappa shape index (κ3) is 4.45. The zero-order valence-electron chi connectivity index (χ0n) is 19.5. The van der Waals surface area contributed by atoms with Gasteiger partial charge >= 0.3 is 0 Å². The van der Waals surface area contributed by atoms with Gasteiger partial charge in [0.25, 0.3) is 5.91 Å². The molecule has 5 rings (SSSR count). The highest BCUT2D eigenvalue weighted by molar-refractivity contribution is 9.10. The quantitative estimate of drug-likeness (QED) is 0.104. The van der Waals surface area contributed by atoms with Crippen LogP contribution in [0.1, 0.15) is 18.1 Å². The molecule has 4 aromatic carbocycles. The minimum Gasteiger partial charge on any atom is -0.488 e. The van der Waals surface area contributed by atoms with Crippen molar-refractivity contribution < 1.29 is 31.5 Å². The van der Waals surface area contributed by atoms with Crippen LogP contribution in [-0.4, -0.2) is 11.6 Å². The van der Waals surface area contributed by atoms with Gasteiger partial charge in [-0.2, -0.15) is 10.1 Å². The number of hydrogen-bond acceptors (Lipinski definition) is 3. The lowest BCUT2D eigenvalue weighted by molar-refractivity contribution is -0.114. The minimum absolute atomic E-state index is 0.0337. The fraction of sp³-hybridized carbons (Fsp3) is 0.0714. The van der Waals surface area contributed by atoms with Crippen LogP contribution in [0.25, 0.3) is 16.8 Å². The number of fused-ring (bicyclic) bond motifs is 1. The van der Waals surface area contributed by atoms with Crippen molar-refractivity contribution in [1.82, 2.24) is 0 Å². The highest BCUT2D eigenvalue weighted by atomic mass is 79.9. The topological polar surface area (TPSA) is 41.9 Å². The zero-order chi connectivity index (χ0) is 27.1. The number of carbonyl (C=O) groups excluding carboxylic acids is 1. The first-order valence-corrected chi connectivity index (χ1v) is 12.0. The number of halogens is 6. The number of anilines is 1. The Bertz CT molecular complexity index is 1650. The van der Waals surface area contributed by atoms with Crippen LogP contribution in [0.15, 0.2) is 75.8 Å². The van der Waals surface area contributed by atoms with Gasteiger partial charge in [-0.05, 0) is 63.0 Å². The van der Waals surface area contributed by atoms with Gasteiger partial charge in [-0.3, -0.25) is 4.79 Å². The summed E-state index contributed by atoms with van der Waals surface area (Å²) >= 11 is 3.44. The summed E-state index contributed by atoms with van der Waals surface area (Å²) in [6.07, 6.45) is 1.40. The van der Waals surface area contributed by atoms with Gasteiger partial charge in [-0.15, -0.1) is 0 Å². The van der Waals surface area contributed by atoms with Crippen molar-refractivity contribution in [1.29, 1.82) is 0 Å². The molecule has 0 bridgehead atoms. The number of hydrogen-bond donors (Lipinski definition) is 0. The Hall–Kier alpha value is -4.05. The molecule has 0 saturated carbocycles. The molecular formula is C28H16BrF5N2O2. The summed E-state index contributed by atoms with van der Waals surface area (Å²) in [5.74, 6) is -11.5. The molecule has 0 N–H and O–H groups in total. The number of rotatable bonds is 5. The average molecular weight is 587 g/mol. The van der Waals surface area contributed by atoms with Crippen LogP contribution in [0, 0.1) is 29.1 Å². The van der Waals surface area contributed by atoms with E-state index in [4.69, 9.17) is 4.74 Å². The van der Waals surface area contributed by atoms with Gasteiger partial charge in [0.1, 0.15) is 18.0 Å². The van der Waals surface area contributed by atoms with E-state index in [0.717, 1.165) is 16.3 Å². The van der Waals surface area contributed by atoms with Gasteiger partial charge < -0.3 is 4.74 Å². The van der Waals surface area contributed by atoms with Crippen molar-refractivity contribution in [2.75, 3.05) is 5.01 Å². The molecule has 192 valence electrons. The van der Waals surface area contributed by atoms with E-state index < -0.39 is 40.7 Å². The maximum atomic E-state index is 14.3. The molecule has 1 aliphatic heterocycles. The van der Waals surface area contributed by atoms with Crippen LogP contribution < -0.4 is 9.75 Å². The fourth-order valence-electron chi connectivity index (χ4n) is 4.08. The van der Waals surface area contributed by atoms with E-state index in [0.29, 0.717) is 22.4 Å². The molecular weight excluding hydrogens is 571 g/mol. The Kier molecular flexibility index (Phi) is 6.75. The number of carbonyl (C=O) groups is 1. The maximum absolute atomic E-state index is 14.3. The average Bonchev–Trinajstić information content (AvgIpc) is 3.18. The fourth-order valence-corrected chi connectivity index (χ4v) is 4.59. The SMILES string of the molecule is CC1=NN(c2c(F)c(F)c(F)c(F)c2F)C(=O)/C1=C/c1ccc(OCc2cccc3ccccc23)c(Br)c1. The number of amides is 1. The maximum Gasteiger partial charge on any atom is 0.280 e. The van der Waals surface area contributed by atoms with Gasteiger partial charge in [0.2, 0.25) is 5.82 Å². The molecule has 0 unspecified atom stereocenters. The molecule has 0 spiro atoms. The summed E-state index contributed by atoms with van der Waals surface area (Å²) in [7, 11) is 0. The zero-order valence-corrected chi connectivity index (χ0v) is 21.1. The van der Waals surface area contributed by atoms with Gasteiger partial charge in [-0.1, -0.05) is 48.5 Å². The van der Waals surface area contributed by atoms with E-state index in [1.54, 1.807) is 18.2 Å². The smallest absolute Gasteiger partial charge is 0.280 e. The molecule has 10 heteroatoms. The van der Waals surface area contributed by atoms with Crippen LogP contribution in [0.2, 0.25) is 0 Å². The van der Waals surface area contributed by atoms with Crippen molar-refractivity contribution >= 4 is 50.1 Å². The first-order valence-electron chi connectivity index (χ1n) is 11.2. The molecule has 4 aromatic rings. The second-order valence-corrected chi connectivity index (χ2v) is 9.25. The highest BCUT2D eigenvalue weighted by Gasteiger charge is 2.37. The molecule has 0 saturated heterocycles. The third-order valence-electron chi connectivity index (χ3n) is 5.99. The molecule has 1 heterocycles. The van der Waals surface area contributed by atoms with E-state index in [2.05, 4.69) is 21.0 Å². The van der Waals surface area contributed by atoms with Crippen LogP contribution in [0.5, 0.6) is 5.75 Å². The van der Waals surface area contributed by atoms with Crippen LogP contribution in [0.3, 0.4) is 0 Å². The van der Waals surface area contributed by atoms with E-state index in [1.807, 2.05) is 42.5 Å². The monoisotopic (exact) mass is 586 g/mol. The summed E-state index contributed by atoms with van der Waals surface area (Å²) in [6.45, 7) is 1.69. The van der Waals surface area contributed by atoms with Crippen molar-refractivity contribution in [3.05, 3.63) is 111 Å². The lowest BCUT2D eigenvalue weighted by atomic mass is 10.1. The lowest BCUT2D eigenvalue weighted by Crippen LogP contribution is -2.25. The second-order valence-electron chi connectivity index (χ2n) is 8.40. The summed E-state index contributed by atoms with van der Waals surface area (Å²) in [6, 6.07) is 18.9. The van der Waals surface area contributed by atoms with E-state index in [-0.39, 0.29) is 16.3 Å². The molecule has 38 heavy (non-hydrogen) atoms. The standard InChI is InChI=1S/C28H16BrF5N2O2/c1-14-19(28(37)36(35-14)27-25(33)23(31)22(30)24(32)26(27)34)11-15-9-10-21(20(29)12-15)38-13-17-7-4-6-16-5-2-3-8-18(16)17/h2-12H,13H2,1H3/b19-11+. The minimum atomic E-state index is -2.32. The third-order valence-corrected chi connectivity index (χ3v) is 6.61. The first-order chi connectivity index (χ1) is 18.2. The summed E-state index contributed by atoms with van der Waals surface area (Å²) < 4.78 is 75.9. The van der Waals surface area contributed by atoms with Crippen LogP contribution >= 0.6 is 15.9 Å². The van der Waals surface area contributed by atoms with E-state index in [1.165, 1.54) is 13.0 Å². The molecule has 0 fully saturated rings. The Morgan fingerprint density at radius 1 is 0.895 bits per heavy atom. The van der Waals surface area contributed by atoms with E-state index in [9.17, 15) is 26.7 Å². The lowest BCUT2D eigenvalue weighted by Gasteiger charge is -2.15. The Morgan fingerprint density at radius 2 is 1.55 bits per heavy atom. The normalized spacial score (nSPS) is 14.5. The molecule has 0 atom stereocenters. The summed E-state index contributed by atoms with van der Waals surface area (Å²) in [4.78, 5) is 12.9. The van der Waals surface area contributed by atoms with Gasteiger partial charge in [0, 0.05) is 0 Å². The number of hydrazone groups is 1. The van der Waals surface area contributed by atoms with Gasteiger partial charge in [0.05, 0.1) is 15.8 Å². The molecule has 4 nitrogen and oxygen atoms in total. The van der Waals surface area contributed by atoms with Crippen LogP contribution in [0.4, 0.5) is 27.6 Å². The van der Waals surface area contributed by atoms with E-state index >= 15 is 0 Å². The first kappa shape index (κ1) is 25.6. The van der Waals surface area contributed by atoms with Crippen molar-refractivity contribution in [3.8, 4) is 5.75 Å². The predicted molar refractivity (Wildman–Crippen MR) is 137 cm³/mol. The molecule has 1 amide bonds. The number of nitrogens with zero attached hydrogens (tertiary/aromatic N) is 2. The number of ether oxygens (including phenoxy) is 1.